The molecule has 0 unspecified atom stereocenters. The first-order valence-corrected chi connectivity index (χ1v) is 9.21. The number of benzene rings is 2. The number of fused-ring (bicyclic) bond motifs is 2. The summed E-state index contributed by atoms with van der Waals surface area (Å²) in [7, 11) is 0. The first kappa shape index (κ1) is 13.5. The largest absolute Gasteiger partial charge is 0.457 e. The van der Waals surface area contributed by atoms with Crippen molar-refractivity contribution in [1.29, 1.82) is 0 Å². The summed E-state index contributed by atoms with van der Waals surface area (Å²) in [5.74, 6) is -1.12. The average molecular weight is 442 g/mol. The maximum atomic E-state index is 15.6. The van der Waals surface area contributed by atoms with Gasteiger partial charge in [-0.1, -0.05) is 16.8 Å². The Hall–Kier alpha value is -3.85. The fourth-order valence-electron chi connectivity index (χ4n) is 2.97. The third kappa shape index (κ3) is 3.49. The molecule has 0 bridgehead atoms. The lowest BCUT2D eigenvalue weighted by Crippen LogP contribution is -2.01. The molecule has 3 heterocycles. The van der Waals surface area contributed by atoms with E-state index in [0.29, 0.717) is 5.52 Å². The highest BCUT2D eigenvalue weighted by Gasteiger charge is 2.15. The Morgan fingerprint density at radius 2 is 2.06 bits per heavy atom. The predicted octanol–water partition coefficient (Wildman–Crippen LogP) is 4.94. The summed E-state index contributed by atoms with van der Waals surface area (Å²) in [4.78, 5) is 12.3. The molecule has 1 N–H and O–H groups in total. The van der Waals surface area contributed by atoms with Gasteiger partial charge in [-0.3, -0.25) is 0 Å². The summed E-state index contributed by atoms with van der Waals surface area (Å²) in [5, 5.41) is 10.4. The third-order valence-electron chi connectivity index (χ3n) is 4.45. The zero-order chi connectivity index (χ0) is 26.5. The minimum absolute atomic E-state index is 0.108. The van der Waals surface area contributed by atoms with E-state index in [0.717, 1.165) is 4.68 Å². The molecule has 0 radical (unpaired) electrons. The van der Waals surface area contributed by atoms with Crippen LogP contribution in [0.1, 0.15) is 13.8 Å². The highest BCUT2D eigenvalue weighted by Crippen LogP contribution is 2.33. The number of nitrogens with zero attached hydrogens (tertiary/aromatic N) is 6. The minimum atomic E-state index is -2.89. The van der Waals surface area contributed by atoms with Crippen molar-refractivity contribution in [2.75, 3.05) is 5.32 Å². The molecule has 5 aromatic rings. The van der Waals surface area contributed by atoms with E-state index >= 15 is 4.39 Å². The van der Waals surface area contributed by atoms with Crippen LogP contribution in [0.2, 0.25) is 5.15 Å². The Bertz CT molecular complexity index is 1660. The summed E-state index contributed by atoms with van der Waals surface area (Å²) in [6, 6.07) is 9.94. The van der Waals surface area contributed by atoms with Crippen LogP contribution in [0.15, 0.2) is 48.8 Å². The highest BCUT2D eigenvalue weighted by molar-refractivity contribution is 6.29. The van der Waals surface area contributed by atoms with Crippen molar-refractivity contribution in [3.8, 4) is 11.5 Å². The molecule has 10 heteroatoms. The molecule has 2 aromatic carbocycles. The van der Waals surface area contributed by atoms with Crippen molar-refractivity contribution < 1.29 is 17.4 Å². The summed E-state index contributed by atoms with van der Waals surface area (Å²) < 4.78 is 68.3. The average Bonchev–Trinajstić information content (AvgIpc) is 3.24. The Kier molecular flexibility index (Phi) is 3.23. The number of anilines is 2. The molecular weight excluding hydrogens is 421 g/mol. The standard InChI is InChI=1S/C21H15ClFN7O/c1-11-17(31-12-3-6-16-15(9-12)28-29-30(16)2)7-4-13(19(11)23)26-21-20-14(24-10-25-21)5-8-18(22)27-20/h3-10H,1-2H3,(H,24,25,26)/i1D3,2D3. The van der Waals surface area contributed by atoms with Crippen LogP contribution in [0.5, 0.6) is 11.5 Å². The molecule has 0 aliphatic carbocycles. The zero-order valence-electron chi connectivity index (χ0n) is 21.5. The number of hydrogen-bond donors (Lipinski definition) is 1. The molecule has 0 atom stereocenters. The van der Waals surface area contributed by atoms with Gasteiger partial charge in [-0.05, 0) is 43.3 Å². The number of aryl methyl sites for hydroxylation is 1. The van der Waals surface area contributed by atoms with E-state index in [4.69, 9.17) is 24.6 Å². The van der Waals surface area contributed by atoms with E-state index in [1.165, 1.54) is 36.7 Å². The molecule has 0 saturated heterocycles. The second kappa shape index (κ2) is 7.44. The maximum absolute atomic E-state index is 15.6. The number of rotatable bonds is 4. The molecule has 5 rings (SSSR count). The number of hydrogen-bond acceptors (Lipinski definition) is 7. The smallest absolute Gasteiger partial charge is 0.160 e. The number of halogens is 2. The first-order chi connectivity index (χ1) is 17.4. The molecule has 154 valence electrons. The molecular formula is C21H15ClFN7O. The monoisotopic (exact) mass is 441 g/mol. The minimum Gasteiger partial charge on any atom is -0.457 e. The van der Waals surface area contributed by atoms with Crippen LogP contribution in [0.4, 0.5) is 15.9 Å². The molecule has 8 nitrogen and oxygen atoms in total. The van der Waals surface area contributed by atoms with Gasteiger partial charge >= 0.3 is 0 Å². The summed E-state index contributed by atoms with van der Waals surface area (Å²) in [5.41, 5.74) is 0.279. The highest BCUT2D eigenvalue weighted by atomic mass is 35.5. The van der Waals surface area contributed by atoms with Crippen LogP contribution in [0.25, 0.3) is 22.1 Å². The van der Waals surface area contributed by atoms with Crippen LogP contribution in [0, 0.1) is 12.7 Å². The lowest BCUT2D eigenvalue weighted by atomic mass is 10.1. The van der Waals surface area contributed by atoms with Crippen LogP contribution in [0.3, 0.4) is 0 Å². The molecule has 0 fully saturated rings. The Labute approximate surface area is 189 Å². The van der Waals surface area contributed by atoms with Gasteiger partial charge in [0, 0.05) is 26.8 Å². The molecule has 0 spiro atoms. The van der Waals surface area contributed by atoms with Gasteiger partial charge in [0.25, 0.3) is 0 Å². The van der Waals surface area contributed by atoms with Gasteiger partial charge in [0.2, 0.25) is 0 Å². The topological polar surface area (TPSA) is 90.6 Å². The van der Waals surface area contributed by atoms with E-state index < -0.39 is 25.2 Å². The van der Waals surface area contributed by atoms with Crippen molar-refractivity contribution in [3.63, 3.8) is 0 Å². The third-order valence-corrected chi connectivity index (χ3v) is 4.66. The summed E-state index contributed by atoms with van der Waals surface area (Å²) >= 11 is 5.97. The van der Waals surface area contributed by atoms with Gasteiger partial charge in [0.05, 0.1) is 16.7 Å². The second-order valence-corrected chi connectivity index (χ2v) is 6.79. The van der Waals surface area contributed by atoms with Gasteiger partial charge < -0.3 is 10.1 Å². The number of nitrogens with one attached hydrogen (secondary N) is 1. The lowest BCUT2D eigenvalue weighted by molar-refractivity contribution is 0.472. The van der Waals surface area contributed by atoms with Crippen molar-refractivity contribution in [2.24, 2.45) is 6.98 Å². The maximum Gasteiger partial charge on any atom is 0.160 e. The Balaban J connectivity index is 1.53. The summed E-state index contributed by atoms with van der Waals surface area (Å²) in [6.45, 7) is -5.42. The predicted molar refractivity (Wildman–Crippen MR) is 115 cm³/mol. The van der Waals surface area contributed by atoms with Gasteiger partial charge in [-0.15, -0.1) is 5.10 Å². The number of ether oxygens (including phenoxy) is 1. The van der Waals surface area contributed by atoms with Crippen molar-refractivity contribution in [1.82, 2.24) is 29.9 Å². The van der Waals surface area contributed by atoms with E-state index in [2.05, 4.69) is 30.6 Å². The molecule has 0 aliphatic rings. The normalized spacial score (nSPS) is 14.9. The zero-order valence-corrected chi connectivity index (χ0v) is 16.2. The van der Waals surface area contributed by atoms with E-state index in [1.54, 1.807) is 12.1 Å². The van der Waals surface area contributed by atoms with Crippen LogP contribution < -0.4 is 10.1 Å². The van der Waals surface area contributed by atoms with E-state index in [9.17, 15) is 0 Å². The molecule has 0 aliphatic heterocycles. The summed E-state index contributed by atoms with van der Waals surface area (Å²) in [6.07, 6.45) is 1.25. The fourth-order valence-corrected chi connectivity index (χ4v) is 3.12. The molecule has 0 saturated carbocycles. The lowest BCUT2D eigenvalue weighted by Gasteiger charge is -2.14. The SMILES string of the molecule is [2H]C([2H])([2H])c1c(Oc2ccc3c(c2)nnn3C([2H])([2H])[2H])ccc(Nc2ncnc3ccc(Cl)nc23)c1F. The van der Waals surface area contributed by atoms with E-state index in [1.807, 2.05) is 0 Å². The van der Waals surface area contributed by atoms with Gasteiger partial charge in [0.1, 0.15) is 34.0 Å². The van der Waals surface area contributed by atoms with Gasteiger partial charge in [0.15, 0.2) is 11.6 Å². The van der Waals surface area contributed by atoms with Crippen LogP contribution >= 0.6 is 11.6 Å². The van der Waals surface area contributed by atoms with Crippen molar-refractivity contribution >= 4 is 45.2 Å². The number of pyridine rings is 1. The molecule has 0 amide bonds. The van der Waals surface area contributed by atoms with Crippen LogP contribution in [-0.2, 0) is 6.98 Å². The number of aromatic nitrogens is 6. The van der Waals surface area contributed by atoms with Gasteiger partial charge in [-0.2, -0.15) is 0 Å². The molecule has 3 aromatic heterocycles. The fraction of sp³-hybridized carbons (Fsp3) is 0.0952. The van der Waals surface area contributed by atoms with Crippen molar-refractivity contribution in [2.45, 2.75) is 6.85 Å². The second-order valence-electron chi connectivity index (χ2n) is 6.40. The quantitative estimate of drug-likeness (QED) is 0.395. The first-order valence-electron chi connectivity index (χ1n) is 11.8. The van der Waals surface area contributed by atoms with Gasteiger partial charge in [-0.25, -0.2) is 24.0 Å². The van der Waals surface area contributed by atoms with Crippen LogP contribution in [-0.4, -0.2) is 29.9 Å². The van der Waals surface area contributed by atoms with Crippen molar-refractivity contribution in [3.05, 3.63) is 65.3 Å². The Morgan fingerprint density at radius 1 is 1.13 bits per heavy atom. The Morgan fingerprint density at radius 3 is 2.94 bits per heavy atom. The van der Waals surface area contributed by atoms with E-state index in [-0.39, 0.29) is 44.7 Å². The molecule has 31 heavy (non-hydrogen) atoms.